The molecule has 1 spiro atoms. The SMILES string of the molecule is CC1(C)c2ccccc2C2(c3ccccc3-c3ccccc32)c2cc3oc4ccccc4c3cc21. The maximum atomic E-state index is 6.45. The van der Waals surface area contributed by atoms with Crippen LogP contribution in [0.2, 0.25) is 0 Å². The summed E-state index contributed by atoms with van der Waals surface area (Å²) in [5.74, 6) is 0. The van der Waals surface area contributed by atoms with Gasteiger partial charge in [-0.25, -0.2) is 0 Å². The van der Waals surface area contributed by atoms with Crippen molar-refractivity contribution in [3.05, 3.63) is 143 Å². The van der Waals surface area contributed by atoms with Gasteiger partial charge >= 0.3 is 0 Å². The molecule has 35 heavy (non-hydrogen) atoms. The Hall–Kier alpha value is -4.10. The lowest BCUT2D eigenvalue weighted by Crippen LogP contribution is -2.40. The molecule has 2 aliphatic rings. The molecule has 166 valence electrons. The molecule has 6 aromatic rings. The molecule has 5 aromatic carbocycles. The van der Waals surface area contributed by atoms with Gasteiger partial charge in [0.05, 0.1) is 5.41 Å². The van der Waals surface area contributed by atoms with Gasteiger partial charge in [-0.1, -0.05) is 105 Å². The number of hydrogen-bond acceptors (Lipinski definition) is 1. The highest BCUT2D eigenvalue weighted by molar-refractivity contribution is 6.06. The van der Waals surface area contributed by atoms with Crippen LogP contribution in [0.5, 0.6) is 0 Å². The van der Waals surface area contributed by atoms with Crippen molar-refractivity contribution in [2.75, 3.05) is 0 Å². The fourth-order valence-electron chi connectivity index (χ4n) is 7.06. The number of para-hydroxylation sites is 1. The van der Waals surface area contributed by atoms with Crippen molar-refractivity contribution in [1.82, 2.24) is 0 Å². The summed E-state index contributed by atoms with van der Waals surface area (Å²) in [6.45, 7) is 4.75. The van der Waals surface area contributed by atoms with E-state index in [1.54, 1.807) is 0 Å². The lowest BCUT2D eigenvalue weighted by atomic mass is 9.55. The zero-order valence-corrected chi connectivity index (χ0v) is 19.8. The van der Waals surface area contributed by atoms with E-state index in [0.29, 0.717) is 0 Å². The highest BCUT2D eigenvalue weighted by atomic mass is 16.3. The Kier molecular flexibility index (Phi) is 3.47. The zero-order valence-electron chi connectivity index (χ0n) is 19.8. The molecule has 0 bridgehead atoms. The van der Waals surface area contributed by atoms with E-state index in [-0.39, 0.29) is 10.8 Å². The molecule has 1 nitrogen and oxygen atoms in total. The Bertz CT molecular complexity index is 1790. The summed E-state index contributed by atoms with van der Waals surface area (Å²) in [6.07, 6.45) is 0. The van der Waals surface area contributed by atoms with Crippen LogP contribution in [0.25, 0.3) is 33.1 Å². The number of rotatable bonds is 0. The second-order valence-corrected chi connectivity index (χ2v) is 10.5. The minimum absolute atomic E-state index is 0.143. The summed E-state index contributed by atoms with van der Waals surface area (Å²) in [4.78, 5) is 0. The van der Waals surface area contributed by atoms with Gasteiger partial charge in [0, 0.05) is 16.2 Å². The van der Waals surface area contributed by atoms with Gasteiger partial charge in [-0.2, -0.15) is 0 Å². The summed E-state index contributed by atoms with van der Waals surface area (Å²) in [7, 11) is 0. The van der Waals surface area contributed by atoms with Gasteiger partial charge in [0.15, 0.2) is 0 Å². The van der Waals surface area contributed by atoms with Crippen molar-refractivity contribution in [2.24, 2.45) is 0 Å². The lowest BCUT2D eigenvalue weighted by Gasteiger charge is -2.46. The quantitative estimate of drug-likeness (QED) is 0.226. The van der Waals surface area contributed by atoms with E-state index in [1.165, 1.54) is 55.3 Å². The lowest BCUT2D eigenvalue weighted by molar-refractivity contribution is 0.562. The maximum Gasteiger partial charge on any atom is 0.135 e. The van der Waals surface area contributed by atoms with Gasteiger partial charge in [-0.15, -0.1) is 0 Å². The summed E-state index contributed by atoms with van der Waals surface area (Å²) in [6, 6.07) is 40.2. The fourth-order valence-corrected chi connectivity index (χ4v) is 7.06. The number of benzene rings is 5. The second kappa shape index (κ2) is 6.31. The van der Waals surface area contributed by atoms with Gasteiger partial charge in [0.2, 0.25) is 0 Å². The minimum Gasteiger partial charge on any atom is -0.456 e. The van der Waals surface area contributed by atoms with Gasteiger partial charge < -0.3 is 4.42 Å². The van der Waals surface area contributed by atoms with Crippen molar-refractivity contribution in [1.29, 1.82) is 0 Å². The van der Waals surface area contributed by atoms with Crippen LogP contribution in [0.3, 0.4) is 0 Å². The topological polar surface area (TPSA) is 13.1 Å². The molecular weight excluding hydrogens is 424 g/mol. The van der Waals surface area contributed by atoms with E-state index < -0.39 is 0 Å². The molecule has 0 amide bonds. The van der Waals surface area contributed by atoms with Crippen LogP contribution in [-0.4, -0.2) is 0 Å². The molecule has 0 N–H and O–H groups in total. The maximum absolute atomic E-state index is 6.45. The predicted octanol–water partition coefficient (Wildman–Crippen LogP) is 8.59. The summed E-state index contributed by atoms with van der Waals surface area (Å²) >= 11 is 0. The van der Waals surface area contributed by atoms with E-state index in [9.17, 15) is 0 Å². The van der Waals surface area contributed by atoms with E-state index in [4.69, 9.17) is 4.42 Å². The van der Waals surface area contributed by atoms with Crippen LogP contribution < -0.4 is 0 Å². The summed E-state index contributed by atoms with van der Waals surface area (Å²) in [5, 5.41) is 2.38. The Morgan fingerprint density at radius 3 is 1.74 bits per heavy atom. The Balaban J connectivity index is 1.63. The predicted molar refractivity (Wildman–Crippen MR) is 143 cm³/mol. The molecule has 0 saturated carbocycles. The molecule has 8 rings (SSSR count). The van der Waals surface area contributed by atoms with Crippen molar-refractivity contribution >= 4 is 21.9 Å². The molecule has 0 aliphatic heterocycles. The third-order valence-electron chi connectivity index (χ3n) is 8.55. The molecule has 0 saturated heterocycles. The van der Waals surface area contributed by atoms with Crippen molar-refractivity contribution in [2.45, 2.75) is 24.7 Å². The van der Waals surface area contributed by atoms with E-state index in [2.05, 4.69) is 123 Å². The molecule has 1 heteroatoms. The smallest absolute Gasteiger partial charge is 0.135 e. The standard InChI is InChI=1S/C34H24O/c1-33(2)27-16-8-9-17-28(27)34(25-14-6-3-11-21(25)22-12-4-7-15-26(22)34)30-20-32-24(19-29(30)33)23-13-5-10-18-31(23)35-32/h3-20H,1-2H3. The molecule has 0 radical (unpaired) electrons. The molecule has 0 unspecified atom stereocenters. The first-order valence-corrected chi connectivity index (χ1v) is 12.4. The van der Waals surface area contributed by atoms with E-state index in [0.717, 1.165) is 11.2 Å². The monoisotopic (exact) mass is 448 g/mol. The minimum atomic E-state index is -0.373. The molecule has 1 heterocycles. The highest BCUT2D eigenvalue weighted by Gasteiger charge is 2.53. The Morgan fingerprint density at radius 1 is 0.457 bits per heavy atom. The van der Waals surface area contributed by atoms with Crippen LogP contribution in [0.4, 0.5) is 0 Å². The van der Waals surface area contributed by atoms with Gasteiger partial charge in [-0.05, 0) is 62.7 Å². The second-order valence-electron chi connectivity index (χ2n) is 10.5. The van der Waals surface area contributed by atoms with Crippen LogP contribution >= 0.6 is 0 Å². The first-order valence-electron chi connectivity index (χ1n) is 12.4. The summed E-state index contributed by atoms with van der Waals surface area (Å²) in [5.41, 5.74) is 12.3. The summed E-state index contributed by atoms with van der Waals surface area (Å²) < 4.78 is 6.45. The zero-order chi connectivity index (χ0) is 23.4. The first-order chi connectivity index (χ1) is 17.1. The average Bonchev–Trinajstić information content (AvgIpc) is 3.41. The normalized spacial score (nSPS) is 16.2. The third-order valence-corrected chi connectivity index (χ3v) is 8.55. The average molecular weight is 449 g/mol. The van der Waals surface area contributed by atoms with Gasteiger partial charge in [0.25, 0.3) is 0 Å². The molecule has 1 aromatic heterocycles. The molecule has 2 aliphatic carbocycles. The molecular formula is C34H24O. The van der Waals surface area contributed by atoms with Crippen LogP contribution in [0, 0.1) is 0 Å². The third kappa shape index (κ3) is 2.16. The van der Waals surface area contributed by atoms with Crippen LogP contribution in [0.1, 0.15) is 47.2 Å². The number of fused-ring (bicyclic) bond motifs is 12. The molecule has 0 fully saturated rings. The van der Waals surface area contributed by atoms with Crippen molar-refractivity contribution in [3.8, 4) is 11.1 Å². The molecule has 0 atom stereocenters. The Morgan fingerprint density at radius 2 is 1.03 bits per heavy atom. The van der Waals surface area contributed by atoms with Gasteiger partial charge in [-0.3, -0.25) is 0 Å². The van der Waals surface area contributed by atoms with Crippen molar-refractivity contribution in [3.63, 3.8) is 0 Å². The first kappa shape index (κ1) is 19.2. The number of furan rings is 1. The van der Waals surface area contributed by atoms with Crippen LogP contribution in [-0.2, 0) is 10.8 Å². The van der Waals surface area contributed by atoms with Gasteiger partial charge in [0.1, 0.15) is 11.2 Å². The van der Waals surface area contributed by atoms with Crippen molar-refractivity contribution < 1.29 is 4.42 Å². The largest absolute Gasteiger partial charge is 0.456 e. The number of hydrogen-bond donors (Lipinski definition) is 0. The van der Waals surface area contributed by atoms with Crippen LogP contribution in [0.15, 0.2) is 114 Å². The Labute approximate surface area is 204 Å². The fraction of sp³-hybridized carbons (Fsp3) is 0.118. The van der Waals surface area contributed by atoms with E-state index in [1.807, 2.05) is 0 Å². The van der Waals surface area contributed by atoms with E-state index >= 15 is 0 Å². The highest BCUT2D eigenvalue weighted by Crippen LogP contribution is 2.62.